The van der Waals surface area contributed by atoms with Crippen LogP contribution in [0.1, 0.15) is 28.1 Å². The zero-order chi connectivity index (χ0) is 19.2. The van der Waals surface area contributed by atoms with Crippen LogP contribution in [-0.2, 0) is 6.54 Å². The maximum atomic E-state index is 12.4. The fourth-order valence-corrected chi connectivity index (χ4v) is 4.03. The number of piperidine rings is 1. The summed E-state index contributed by atoms with van der Waals surface area (Å²) in [7, 11) is 1.37. The predicted octanol–water partition coefficient (Wildman–Crippen LogP) is 3.31. The molecule has 0 bridgehead atoms. The maximum Gasteiger partial charge on any atom is 0.311 e. The van der Waals surface area contributed by atoms with Crippen LogP contribution in [0.15, 0.2) is 35.7 Å². The van der Waals surface area contributed by atoms with E-state index in [2.05, 4.69) is 27.7 Å². The summed E-state index contributed by atoms with van der Waals surface area (Å²) >= 11 is 1.78. The maximum absolute atomic E-state index is 12.4. The number of nitrogens with zero attached hydrogens (tertiary/aromatic N) is 2. The number of hydrogen-bond acceptors (Lipinski definition) is 6. The number of nitrogens with one attached hydrogen (secondary N) is 1. The van der Waals surface area contributed by atoms with Crippen LogP contribution in [0.4, 0.5) is 5.69 Å². The summed E-state index contributed by atoms with van der Waals surface area (Å²) < 4.78 is 4.97. The number of ether oxygens (including phenoxy) is 1. The fraction of sp³-hybridized carbons (Fsp3) is 0.421. The number of nitro benzene ring substituents is 1. The van der Waals surface area contributed by atoms with E-state index >= 15 is 0 Å². The van der Waals surface area contributed by atoms with Crippen LogP contribution in [-0.4, -0.2) is 42.5 Å². The van der Waals surface area contributed by atoms with Gasteiger partial charge in [0.2, 0.25) is 0 Å². The van der Waals surface area contributed by atoms with Gasteiger partial charge < -0.3 is 10.1 Å². The second-order valence-electron chi connectivity index (χ2n) is 6.65. The number of carbonyl (C=O) groups excluding carboxylic acids is 1. The highest BCUT2D eigenvalue weighted by atomic mass is 32.1. The molecule has 1 amide bonds. The van der Waals surface area contributed by atoms with Crippen LogP contribution in [0.25, 0.3) is 0 Å². The molecule has 0 aliphatic carbocycles. The quantitative estimate of drug-likeness (QED) is 0.580. The zero-order valence-corrected chi connectivity index (χ0v) is 16.0. The van der Waals surface area contributed by atoms with E-state index in [0.717, 1.165) is 32.5 Å². The smallest absolute Gasteiger partial charge is 0.311 e. The summed E-state index contributed by atoms with van der Waals surface area (Å²) in [6.45, 7) is 3.62. The summed E-state index contributed by atoms with van der Waals surface area (Å²) in [6.07, 6.45) is 2.07. The summed E-state index contributed by atoms with van der Waals surface area (Å²) in [5.41, 5.74) is 0.0738. The molecule has 0 unspecified atom stereocenters. The Labute approximate surface area is 162 Å². The number of nitro groups is 1. The third-order valence-corrected chi connectivity index (χ3v) is 5.72. The normalized spacial score (nSPS) is 15.4. The lowest BCUT2D eigenvalue weighted by Crippen LogP contribution is -2.38. The molecular formula is C19H23N3O4S. The van der Waals surface area contributed by atoms with Gasteiger partial charge >= 0.3 is 5.69 Å². The highest BCUT2D eigenvalue weighted by molar-refractivity contribution is 7.09. The highest BCUT2D eigenvalue weighted by Gasteiger charge is 2.22. The molecule has 3 rings (SSSR count). The molecule has 8 heteroatoms. The average molecular weight is 389 g/mol. The van der Waals surface area contributed by atoms with E-state index < -0.39 is 4.92 Å². The second-order valence-corrected chi connectivity index (χ2v) is 7.68. The van der Waals surface area contributed by atoms with Crippen molar-refractivity contribution in [1.82, 2.24) is 10.2 Å². The van der Waals surface area contributed by atoms with Gasteiger partial charge in [0.15, 0.2) is 5.75 Å². The van der Waals surface area contributed by atoms with Gasteiger partial charge in [-0.15, -0.1) is 11.3 Å². The first-order valence-electron chi connectivity index (χ1n) is 8.92. The number of likely N-dealkylation sites (tertiary alicyclic amines) is 1. The van der Waals surface area contributed by atoms with E-state index in [1.165, 1.54) is 24.1 Å². The number of thiophene rings is 1. The summed E-state index contributed by atoms with van der Waals surface area (Å²) in [4.78, 5) is 26.7. The molecule has 1 fully saturated rings. The molecule has 1 aromatic carbocycles. The van der Waals surface area contributed by atoms with E-state index in [0.29, 0.717) is 12.5 Å². The van der Waals surface area contributed by atoms with Crippen LogP contribution in [0.3, 0.4) is 0 Å². The molecule has 1 aromatic heterocycles. The minimum Gasteiger partial charge on any atom is -0.490 e. The molecule has 2 heterocycles. The summed E-state index contributed by atoms with van der Waals surface area (Å²) in [5.74, 6) is 0.290. The van der Waals surface area contributed by atoms with E-state index in [1.54, 1.807) is 17.4 Å². The first kappa shape index (κ1) is 19.3. The Morgan fingerprint density at radius 2 is 2.15 bits per heavy atom. The molecule has 27 heavy (non-hydrogen) atoms. The summed E-state index contributed by atoms with van der Waals surface area (Å²) in [6, 6.07) is 8.50. The summed E-state index contributed by atoms with van der Waals surface area (Å²) in [5, 5.41) is 16.1. The average Bonchev–Trinajstić information content (AvgIpc) is 3.19. The van der Waals surface area contributed by atoms with Gasteiger partial charge in [-0.3, -0.25) is 19.8 Å². The molecule has 0 saturated carbocycles. The van der Waals surface area contributed by atoms with Crippen molar-refractivity contribution in [2.75, 3.05) is 26.7 Å². The van der Waals surface area contributed by atoms with E-state index in [-0.39, 0.29) is 22.9 Å². The van der Waals surface area contributed by atoms with Gasteiger partial charge in [0.1, 0.15) is 0 Å². The van der Waals surface area contributed by atoms with E-state index in [9.17, 15) is 14.9 Å². The van der Waals surface area contributed by atoms with Crippen LogP contribution < -0.4 is 10.1 Å². The number of amides is 1. The number of benzene rings is 1. The molecule has 1 aliphatic rings. The largest absolute Gasteiger partial charge is 0.490 e. The Balaban J connectivity index is 1.48. The number of methoxy groups -OCH3 is 1. The third kappa shape index (κ3) is 5.05. The molecule has 0 atom stereocenters. The van der Waals surface area contributed by atoms with Crippen LogP contribution in [0, 0.1) is 16.0 Å². The van der Waals surface area contributed by atoms with Crippen molar-refractivity contribution >= 4 is 22.9 Å². The minimum atomic E-state index is -0.543. The molecule has 1 N–H and O–H groups in total. The second kappa shape index (κ2) is 8.96. The minimum absolute atomic E-state index is 0.148. The molecule has 7 nitrogen and oxygen atoms in total. The van der Waals surface area contributed by atoms with Gasteiger partial charge in [-0.05, 0) is 55.4 Å². The molecule has 1 saturated heterocycles. The number of rotatable bonds is 7. The van der Waals surface area contributed by atoms with Crippen molar-refractivity contribution in [3.05, 3.63) is 56.3 Å². The van der Waals surface area contributed by atoms with Crippen molar-refractivity contribution in [2.45, 2.75) is 19.4 Å². The lowest BCUT2D eigenvalue weighted by atomic mass is 9.96. The predicted molar refractivity (Wildman–Crippen MR) is 104 cm³/mol. The van der Waals surface area contributed by atoms with Crippen LogP contribution in [0.2, 0.25) is 0 Å². The van der Waals surface area contributed by atoms with E-state index in [4.69, 9.17) is 4.74 Å². The lowest BCUT2D eigenvalue weighted by molar-refractivity contribution is -0.385. The Morgan fingerprint density at radius 1 is 1.37 bits per heavy atom. The van der Waals surface area contributed by atoms with Gasteiger partial charge in [-0.2, -0.15) is 0 Å². The molecule has 0 spiro atoms. The molecular weight excluding hydrogens is 366 g/mol. The number of hydrogen-bond donors (Lipinski definition) is 1. The van der Waals surface area contributed by atoms with Crippen molar-refractivity contribution in [2.24, 2.45) is 5.92 Å². The first-order valence-corrected chi connectivity index (χ1v) is 9.80. The Kier molecular flexibility index (Phi) is 6.41. The van der Waals surface area contributed by atoms with Crippen molar-refractivity contribution in [3.8, 4) is 5.75 Å². The van der Waals surface area contributed by atoms with Crippen LogP contribution >= 0.6 is 11.3 Å². The Hall–Kier alpha value is -2.45. The van der Waals surface area contributed by atoms with Gasteiger partial charge in [0.05, 0.1) is 12.0 Å². The van der Waals surface area contributed by atoms with Crippen LogP contribution in [0.5, 0.6) is 5.75 Å². The molecule has 0 radical (unpaired) electrons. The SMILES string of the molecule is COc1ccc(C(=O)NCC2CCN(Cc3cccs3)CC2)cc1[N+](=O)[O-]. The topological polar surface area (TPSA) is 84.7 Å². The monoisotopic (exact) mass is 389 g/mol. The molecule has 1 aliphatic heterocycles. The van der Waals surface area contributed by atoms with Gasteiger partial charge in [-0.25, -0.2) is 0 Å². The molecule has 2 aromatic rings. The Morgan fingerprint density at radius 3 is 2.78 bits per heavy atom. The standard InChI is InChI=1S/C19H23N3O4S/c1-26-18-5-4-15(11-17(18)22(24)25)19(23)20-12-14-6-8-21(9-7-14)13-16-3-2-10-27-16/h2-5,10-11,14H,6-9,12-13H2,1H3,(H,20,23). The third-order valence-electron chi connectivity index (χ3n) is 4.86. The van der Waals surface area contributed by atoms with E-state index in [1.807, 2.05) is 0 Å². The van der Waals surface area contributed by atoms with Crippen molar-refractivity contribution in [3.63, 3.8) is 0 Å². The van der Waals surface area contributed by atoms with Gasteiger partial charge in [0, 0.05) is 29.6 Å². The number of carbonyl (C=O) groups is 1. The lowest BCUT2D eigenvalue weighted by Gasteiger charge is -2.31. The van der Waals surface area contributed by atoms with Crippen molar-refractivity contribution < 1.29 is 14.5 Å². The van der Waals surface area contributed by atoms with Gasteiger partial charge in [-0.1, -0.05) is 6.07 Å². The van der Waals surface area contributed by atoms with Gasteiger partial charge in [0.25, 0.3) is 5.91 Å². The Bertz CT molecular complexity index is 786. The zero-order valence-electron chi connectivity index (χ0n) is 15.2. The highest BCUT2D eigenvalue weighted by Crippen LogP contribution is 2.27. The first-order chi connectivity index (χ1) is 13.1. The molecule has 144 valence electrons. The fourth-order valence-electron chi connectivity index (χ4n) is 3.28. The van der Waals surface area contributed by atoms with Crippen molar-refractivity contribution in [1.29, 1.82) is 0 Å².